The van der Waals surface area contributed by atoms with Crippen LogP contribution < -0.4 is 20.9 Å². The second kappa shape index (κ2) is 14.0. The molecule has 0 N–H and O–H groups in total. The molecule has 0 saturated carbocycles. The van der Waals surface area contributed by atoms with Crippen molar-refractivity contribution in [3.63, 3.8) is 0 Å². The summed E-state index contributed by atoms with van der Waals surface area (Å²) in [4.78, 5) is 11.3. The molecule has 12 aromatic rings. The van der Waals surface area contributed by atoms with E-state index in [1.807, 2.05) is 0 Å². The summed E-state index contributed by atoms with van der Waals surface area (Å²) >= 11 is 0. The quantitative estimate of drug-likeness (QED) is 0.157. The van der Waals surface area contributed by atoms with E-state index in [4.69, 9.17) is 9.97 Å². The maximum absolute atomic E-state index is 5.76. The van der Waals surface area contributed by atoms with Crippen LogP contribution >= 0.6 is 0 Å². The molecule has 9 aromatic carbocycles. The highest BCUT2D eigenvalue weighted by Gasteiger charge is 2.51. The topological polar surface area (TPSA) is 35.6 Å². The average molecular weight is 819 g/mol. The third-order valence-corrected chi connectivity index (χ3v) is 17.9. The van der Waals surface area contributed by atoms with E-state index >= 15 is 0 Å². The molecule has 4 heterocycles. The lowest BCUT2D eigenvalue weighted by Crippen LogP contribution is -2.73. The van der Waals surface area contributed by atoms with Gasteiger partial charge in [-0.25, -0.2) is 9.97 Å². The second-order valence-electron chi connectivity index (χ2n) is 16.5. The predicted molar refractivity (Wildman–Crippen MR) is 264 cm³/mol. The van der Waals surface area contributed by atoms with Gasteiger partial charge in [-0.05, 0) is 81.8 Å². The molecule has 0 aliphatic carbocycles. The summed E-state index contributed by atoms with van der Waals surface area (Å²) in [5.74, 6) is 0.729. The normalized spacial score (nSPS) is 12.9. The smallest absolute Gasteiger partial charge is 0.203 e. The molecule has 0 saturated heterocycles. The molecule has 0 bridgehead atoms. The molecule has 5 heteroatoms. The highest BCUT2D eigenvalue weighted by Crippen LogP contribution is 2.41. The molecule has 0 spiro atoms. The van der Waals surface area contributed by atoms with E-state index in [2.05, 4.69) is 240 Å². The van der Waals surface area contributed by atoms with Crippen LogP contribution in [0.4, 0.5) is 0 Å². The second-order valence-corrected chi connectivity index (χ2v) is 20.2. The van der Waals surface area contributed by atoms with Crippen LogP contribution in [0, 0.1) is 0 Å². The lowest BCUT2D eigenvalue weighted by molar-refractivity contribution is 1.16. The first-order valence-corrected chi connectivity index (χ1v) is 23.6. The number of benzene rings is 9. The third-order valence-electron chi connectivity index (χ3n) is 13.2. The Morgan fingerprint density at radius 1 is 0.349 bits per heavy atom. The standard InChI is InChI=1S/C58H38N4Si/c1-5-19-39(20-6-1)56-55-47-29-15-18-32-54(47)63(43-23-9-3-10-24-43,44-25-11-4-12-26-44)58(55)60-57(59-56)40-33-35-42(36-34-40)62-51-31-17-14-28-46(51)49-37-48-45-27-13-16-30-50(45)61(52(48)38-53(49)62)41-21-7-2-8-22-41/h1-38H. The van der Waals surface area contributed by atoms with Crippen LogP contribution in [0.1, 0.15) is 0 Å². The zero-order valence-corrected chi connectivity index (χ0v) is 35.2. The number of aromatic nitrogens is 4. The molecule has 0 atom stereocenters. The number of hydrogen-bond acceptors (Lipinski definition) is 2. The van der Waals surface area contributed by atoms with E-state index in [0.717, 1.165) is 50.4 Å². The molecule has 3 aromatic heterocycles. The molecule has 1 aliphatic heterocycles. The first kappa shape index (κ1) is 35.6. The van der Waals surface area contributed by atoms with Crippen molar-refractivity contribution in [1.29, 1.82) is 0 Å². The van der Waals surface area contributed by atoms with Gasteiger partial charge >= 0.3 is 0 Å². The molecular formula is C58H38N4Si. The molecule has 1 aliphatic rings. The summed E-state index contributed by atoms with van der Waals surface area (Å²) in [6, 6.07) is 83.7. The van der Waals surface area contributed by atoms with Crippen molar-refractivity contribution in [2.75, 3.05) is 0 Å². The molecule has 0 radical (unpaired) electrons. The Morgan fingerprint density at radius 2 is 0.841 bits per heavy atom. The Labute approximate surface area is 365 Å². The van der Waals surface area contributed by atoms with Gasteiger partial charge in [-0.15, -0.1) is 0 Å². The van der Waals surface area contributed by atoms with Crippen molar-refractivity contribution in [1.82, 2.24) is 19.1 Å². The summed E-state index contributed by atoms with van der Waals surface area (Å²) < 4.78 is 4.82. The van der Waals surface area contributed by atoms with Crippen LogP contribution in [-0.2, 0) is 0 Å². The highest BCUT2D eigenvalue weighted by molar-refractivity contribution is 7.21. The third kappa shape index (κ3) is 5.21. The number of para-hydroxylation sites is 3. The minimum Gasteiger partial charge on any atom is -0.309 e. The van der Waals surface area contributed by atoms with Crippen LogP contribution in [0.5, 0.6) is 0 Å². The fraction of sp³-hybridized carbons (Fsp3) is 0. The van der Waals surface area contributed by atoms with Crippen LogP contribution in [0.25, 0.3) is 88.8 Å². The summed E-state index contributed by atoms with van der Waals surface area (Å²) in [5, 5.41) is 10.1. The van der Waals surface area contributed by atoms with E-state index in [1.54, 1.807) is 0 Å². The lowest BCUT2D eigenvalue weighted by atomic mass is 10.0. The minimum atomic E-state index is -2.89. The minimum absolute atomic E-state index is 0.729. The van der Waals surface area contributed by atoms with Gasteiger partial charge in [-0.1, -0.05) is 170 Å². The van der Waals surface area contributed by atoms with E-state index in [1.165, 1.54) is 59.2 Å². The summed E-state index contributed by atoms with van der Waals surface area (Å²) in [6.45, 7) is 0. The van der Waals surface area contributed by atoms with Crippen molar-refractivity contribution in [2.24, 2.45) is 0 Å². The van der Waals surface area contributed by atoms with Crippen LogP contribution in [0.2, 0.25) is 0 Å². The molecular weight excluding hydrogens is 781 g/mol. The Hall–Kier alpha value is -8.12. The summed E-state index contributed by atoms with van der Waals surface area (Å²) in [6.07, 6.45) is 0. The van der Waals surface area contributed by atoms with Gasteiger partial charge in [0.2, 0.25) is 8.07 Å². The maximum atomic E-state index is 5.76. The Kier molecular flexibility index (Phi) is 7.89. The molecule has 0 amide bonds. The Morgan fingerprint density at radius 3 is 1.44 bits per heavy atom. The van der Waals surface area contributed by atoms with E-state index < -0.39 is 8.07 Å². The number of fused-ring (bicyclic) bond motifs is 9. The molecule has 0 fully saturated rings. The Balaban J connectivity index is 1.04. The summed E-state index contributed by atoms with van der Waals surface area (Å²) in [7, 11) is -2.89. The number of hydrogen-bond donors (Lipinski definition) is 0. The van der Waals surface area contributed by atoms with E-state index in [-0.39, 0.29) is 0 Å². The van der Waals surface area contributed by atoms with Gasteiger partial charge < -0.3 is 9.13 Å². The fourth-order valence-corrected chi connectivity index (χ4v) is 15.5. The molecule has 13 rings (SSSR count). The SMILES string of the molecule is c1ccc(-c2nc(-c3ccc(-n4c5ccccc5c5cc6c7ccccc7n(-c7ccccc7)c6cc54)cc3)nc3c2-c2ccccc2[Si]3(c2ccccc2)c2ccccc2)cc1. The van der Waals surface area contributed by atoms with Gasteiger partial charge in [0, 0.05) is 49.6 Å². The number of rotatable bonds is 6. The predicted octanol–water partition coefficient (Wildman–Crippen LogP) is 11.4. The van der Waals surface area contributed by atoms with Crippen molar-refractivity contribution in [2.45, 2.75) is 0 Å². The van der Waals surface area contributed by atoms with Crippen LogP contribution in [0.3, 0.4) is 0 Å². The van der Waals surface area contributed by atoms with Crippen LogP contribution in [-0.4, -0.2) is 27.2 Å². The fourth-order valence-electron chi connectivity index (χ4n) is 10.5. The zero-order valence-electron chi connectivity index (χ0n) is 34.2. The largest absolute Gasteiger partial charge is 0.309 e. The maximum Gasteiger partial charge on any atom is 0.203 e. The zero-order chi connectivity index (χ0) is 41.5. The van der Waals surface area contributed by atoms with E-state index in [0.29, 0.717) is 0 Å². The van der Waals surface area contributed by atoms with Crippen molar-refractivity contribution in [3.8, 4) is 45.1 Å². The van der Waals surface area contributed by atoms with Gasteiger partial charge in [0.25, 0.3) is 0 Å². The van der Waals surface area contributed by atoms with Gasteiger partial charge in [-0.2, -0.15) is 0 Å². The average Bonchev–Trinajstić information content (AvgIpc) is 3.98. The monoisotopic (exact) mass is 818 g/mol. The first-order chi connectivity index (χ1) is 31.3. The summed E-state index contributed by atoms with van der Waals surface area (Å²) in [5.41, 5.74) is 12.3. The van der Waals surface area contributed by atoms with Gasteiger partial charge in [-0.3, -0.25) is 0 Å². The van der Waals surface area contributed by atoms with Gasteiger partial charge in [0.15, 0.2) is 5.82 Å². The molecule has 63 heavy (non-hydrogen) atoms. The lowest BCUT2D eigenvalue weighted by Gasteiger charge is -2.30. The van der Waals surface area contributed by atoms with Gasteiger partial charge in [0.05, 0.1) is 33.1 Å². The van der Waals surface area contributed by atoms with Crippen molar-refractivity contribution >= 4 is 72.6 Å². The number of nitrogens with zero attached hydrogens (tertiary/aromatic N) is 4. The molecule has 4 nitrogen and oxygen atoms in total. The van der Waals surface area contributed by atoms with Crippen molar-refractivity contribution < 1.29 is 0 Å². The van der Waals surface area contributed by atoms with E-state index in [9.17, 15) is 0 Å². The van der Waals surface area contributed by atoms with Gasteiger partial charge in [0.1, 0.15) is 0 Å². The molecule has 0 unspecified atom stereocenters. The Bertz CT molecular complexity index is 3670. The highest BCUT2D eigenvalue weighted by atomic mass is 28.3. The van der Waals surface area contributed by atoms with Crippen LogP contribution in [0.15, 0.2) is 231 Å². The molecule has 294 valence electrons. The first-order valence-electron chi connectivity index (χ1n) is 21.6. The van der Waals surface area contributed by atoms with Crippen molar-refractivity contribution in [3.05, 3.63) is 231 Å².